The lowest BCUT2D eigenvalue weighted by molar-refractivity contribution is 1.63. The number of nitrogen functional groups attached to an aromatic ring is 2. The minimum atomic E-state index is -1.25. The molecule has 0 aliphatic heterocycles. The van der Waals surface area contributed by atoms with Crippen molar-refractivity contribution in [2.45, 2.75) is 39.3 Å². The summed E-state index contributed by atoms with van der Waals surface area (Å²) in [6.45, 7) is 13.1. The predicted molar refractivity (Wildman–Crippen MR) is 137 cm³/mol. The van der Waals surface area contributed by atoms with Crippen molar-refractivity contribution < 1.29 is 0 Å². The van der Waals surface area contributed by atoms with E-state index in [1.807, 2.05) is 48.5 Å². The largest absolute Gasteiger partial charge is 0.399 e. The number of halogens is 1. The zero-order chi connectivity index (χ0) is 21.1. The van der Waals surface area contributed by atoms with E-state index in [4.69, 9.17) is 17.9 Å². The summed E-state index contributed by atoms with van der Waals surface area (Å²) < 4.78 is 1.22. The molecule has 2 nitrogen and oxygen atoms in total. The summed E-state index contributed by atoms with van der Waals surface area (Å²) in [7, 11) is -2.35. The van der Waals surface area contributed by atoms with E-state index in [1.54, 1.807) is 0 Å². The first-order valence-electron chi connectivity index (χ1n) is 8.70. The monoisotopic (exact) mass is 506 g/mol. The average Bonchev–Trinajstić information content (AvgIpc) is 2.57. The Balaban J connectivity index is 0.000000413. The number of rotatable bonds is 0. The van der Waals surface area contributed by atoms with Gasteiger partial charge in [0.05, 0.1) is 0 Å². The van der Waals surface area contributed by atoms with Gasteiger partial charge < -0.3 is 11.5 Å². The SMILES string of the molecule is C#C[Si](C)(C)C.C[Si](C)(C)C#Cc1ccc(N)cc1.Nc1ccc(I)cc1. The van der Waals surface area contributed by atoms with Crippen molar-refractivity contribution in [2.75, 3.05) is 11.5 Å². The Hall–Kier alpha value is -1.68. The molecule has 0 heterocycles. The number of nitrogens with two attached hydrogens (primary N) is 2. The minimum Gasteiger partial charge on any atom is -0.399 e. The fraction of sp³-hybridized carbons (Fsp3) is 0.273. The molecule has 0 saturated heterocycles. The fourth-order valence-corrected chi connectivity index (χ4v) is 2.17. The number of hydrogen-bond donors (Lipinski definition) is 2. The van der Waals surface area contributed by atoms with Crippen LogP contribution in [0.3, 0.4) is 0 Å². The van der Waals surface area contributed by atoms with E-state index in [0.29, 0.717) is 0 Å². The molecule has 0 aromatic heterocycles. The van der Waals surface area contributed by atoms with Crippen molar-refractivity contribution in [3.63, 3.8) is 0 Å². The van der Waals surface area contributed by atoms with Crippen molar-refractivity contribution in [1.82, 2.24) is 0 Å². The topological polar surface area (TPSA) is 52.0 Å². The molecule has 0 aliphatic rings. The normalized spacial score (nSPS) is 10.0. The highest BCUT2D eigenvalue weighted by Crippen LogP contribution is 2.06. The number of anilines is 2. The highest BCUT2D eigenvalue weighted by Gasteiger charge is 2.07. The highest BCUT2D eigenvalue weighted by atomic mass is 127. The predicted octanol–water partition coefficient (Wildman–Crippen LogP) is 5.87. The quantitative estimate of drug-likeness (QED) is 0.203. The zero-order valence-corrected chi connectivity index (χ0v) is 21.4. The lowest BCUT2D eigenvalue weighted by Crippen LogP contribution is -2.16. The molecule has 0 amide bonds. The molecule has 0 saturated carbocycles. The van der Waals surface area contributed by atoms with Crippen LogP contribution in [0.25, 0.3) is 0 Å². The maximum absolute atomic E-state index is 5.57. The molecule has 4 N–H and O–H groups in total. The van der Waals surface area contributed by atoms with Crippen LogP contribution in [-0.2, 0) is 0 Å². The summed E-state index contributed by atoms with van der Waals surface area (Å²) in [6, 6.07) is 15.4. The molecule has 0 spiro atoms. The molecule has 0 unspecified atom stereocenters. The number of benzene rings is 2. The van der Waals surface area contributed by atoms with Gasteiger partial charge >= 0.3 is 0 Å². The van der Waals surface area contributed by atoms with E-state index in [1.165, 1.54) is 3.57 Å². The smallest absolute Gasteiger partial charge is 0.129 e. The fourth-order valence-electron chi connectivity index (χ4n) is 1.29. The second-order valence-corrected chi connectivity index (χ2v) is 18.9. The van der Waals surface area contributed by atoms with Crippen LogP contribution in [0.5, 0.6) is 0 Å². The Kier molecular flexibility index (Phi) is 11.2. The van der Waals surface area contributed by atoms with Crippen molar-refractivity contribution in [2.24, 2.45) is 0 Å². The second kappa shape index (κ2) is 11.9. The Morgan fingerprint density at radius 2 is 1.11 bits per heavy atom. The Morgan fingerprint density at radius 1 is 0.741 bits per heavy atom. The van der Waals surface area contributed by atoms with Gasteiger partial charge in [-0.25, -0.2) is 0 Å². The summed E-state index contributed by atoms with van der Waals surface area (Å²) >= 11 is 2.24. The summed E-state index contributed by atoms with van der Waals surface area (Å²) in [5.74, 6) is 3.17. The Labute approximate surface area is 181 Å². The van der Waals surface area contributed by atoms with Crippen LogP contribution >= 0.6 is 22.6 Å². The third-order valence-electron chi connectivity index (χ3n) is 2.80. The lowest BCUT2D eigenvalue weighted by Gasteiger charge is -2.03. The van der Waals surface area contributed by atoms with E-state index in [2.05, 4.69) is 78.9 Å². The molecule has 144 valence electrons. The van der Waals surface area contributed by atoms with Gasteiger partial charge in [0.2, 0.25) is 0 Å². The molecule has 0 atom stereocenters. The van der Waals surface area contributed by atoms with Crippen molar-refractivity contribution in [1.29, 1.82) is 0 Å². The molecular formula is C22H31IN2Si2. The Bertz CT molecular complexity index is 761. The third-order valence-corrected chi connectivity index (χ3v) is 5.26. The maximum atomic E-state index is 5.57. The maximum Gasteiger partial charge on any atom is 0.129 e. The molecule has 0 bridgehead atoms. The van der Waals surface area contributed by atoms with Gasteiger partial charge in [-0.2, -0.15) is 0 Å². The highest BCUT2D eigenvalue weighted by molar-refractivity contribution is 14.1. The number of hydrogen-bond acceptors (Lipinski definition) is 2. The first-order valence-corrected chi connectivity index (χ1v) is 16.8. The van der Waals surface area contributed by atoms with Gasteiger partial charge in [-0.05, 0) is 71.1 Å². The molecule has 2 aromatic rings. The molecule has 0 fully saturated rings. The number of terminal acetylenes is 1. The lowest BCUT2D eigenvalue weighted by atomic mass is 10.2. The standard InChI is InChI=1S/C11H15NSi.C6H6IN.C5H10Si/c1-13(2,3)9-8-10-4-6-11(12)7-5-10;7-5-1-3-6(8)4-2-5;1-5-6(2,3)4/h4-7H,12H2,1-3H3;1-4H,8H2;1H,2-4H3. The molecule has 5 heteroatoms. The van der Waals surface area contributed by atoms with Gasteiger partial charge in [-0.1, -0.05) is 45.2 Å². The van der Waals surface area contributed by atoms with Crippen LogP contribution in [0.4, 0.5) is 11.4 Å². The zero-order valence-electron chi connectivity index (χ0n) is 17.2. The van der Waals surface area contributed by atoms with Crippen LogP contribution in [0.1, 0.15) is 5.56 Å². The van der Waals surface area contributed by atoms with Gasteiger partial charge in [0, 0.05) is 20.5 Å². The summed E-state index contributed by atoms with van der Waals surface area (Å²) in [6.07, 6.45) is 5.12. The molecular weight excluding hydrogens is 475 g/mol. The van der Waals surface area contributed by atoms with Crippen LogP contribution in [0.2, 0.25) is 39.3 Å². The first kappa shape index (κ1) is 25.3. The van der Waals surface area contributed by atoms with Gasteiger partial charge in [0.15, 0.2) is 0 Å². The molecule has 2 rings (SSSR count). The minimum absolute atomic E-state index is 0.790. The third kappa shape index (κ3) is 16.2. The molecule has 27 heavy (non-hydrogen) atoms. The van der Waals surface area contributed by atoms with Gasteiger partial charge in [0.1, 0.15) is 16.1 Å². The van der Waals surface area contributed by atoms with Crippen LogP contribution in [0, 0.1) is 27.0 Å². The van der Waals surface area contributed by atoms with E-state index in [9.17, 15) is 0 Å². The van der Waals surface area contributed by atoms with E-state index < -0.39 is 16.1 Å². The van der Waals surface area contributed by atoms with Gasteiger partial charge in [-0.3, -0.25) is 0 Å². The van der Waals surface area contributed by atoms with Gasteiger partial charge in [-0.15, -0.1) is 17.5 Å². The molecule has 0 aliphatic carbocycles. The summed E-state index contributed by atoms with van der Waals surface area (Å²) in [5.41, 5.74) is 19.7. The molecule has 0 radical (unpaired) electrons. The van der Waals surface area contributed by atoms with Crippen molar-refractivity contribution >= 4 is 50.1 Å². The molecule has 2 aromatic carbocycles. The van der Waals surface area contributed by atoms with Crippen LogP contribution in [0.15, 0.2) is 48.5 Å². The van der Waals surface area contributed by atoms with Crippen LogP contribution < -0.4 is 11.5 Å². The van der Waals surface area contributed by atoms with Crippen molar-refractivity contribution in [3.05, 3.63) is 57.7 Å². The van der Waals surface area contributed by atoms with E-state index in [0.717, 1.165) is 16.9 Å². The van der Waals surface area contributed by atoms with Crippen molar-refractivity contribution in [3.8, 4) is 23.4 Å². The summed E-state index contributed by atoms with van der Waals surface area (Å²) in [4.78, 5) is 0. The summed E-state index contributed by atoms with van der Waals surface area (Å²) in [5, 5.41) is 0. The first-order chi connectivity index (χ1) is 12.3. The second-order valence-electron chi connectivity index (χ2n) is 8.07. The van der Waals surface area contributed by atoms with E-state index >= 15 is 0 Å². The average molecular weight is 507 g/mol. The Morgan fingerprint density at radius 3 is 1.41 bits per heavy atom. The van der Waals surface area contributed by atoms with E-state index in [-0.39, 0.29) is 0 Å². The van der Waals surface area contributed by atoms with Crippen LogP contribution in [-0.4, -0.2) is 16.1 Å². The van der Waals surface area contributed by atoms with Gasteiger partial charge in [0.25, 0.3) is 0 Å².